The largest absolute Gasteiger partial charge is 0.480 e. The molecule has 5 heteroatoms. The molecule has 100 valence electrons. The number of para-hydroxylation sites is 1. The summed E-state index contributed by atoms with van der Waals surface area (Å²) in [5.41, 5.74) is 1.39. The van der Waals surface area contributed by atoms with Gasteiger partial charge < -0.3 is 15.0 Å². The average Bonchev–Trinajstić information content (AvgIpc) is 2.80. The number of nitrogens with one attached hydrogen (secondary N) is 1. The Labute approximate surface area is 110 Å². The number of fused-ring (bicyclic) bond motifs is 1. The maximum absolute atomic E-state index is 12.4. The fraction of sp³-hybridized carbons (Fsp3) is 0.286. The number of carbonyl (C=O) groups is 2. The second-order valence-corrected chi connectivity index (χ2v) is 4.37. The van der Waals surface area contributed by atoms with Crippen LogP contribution in [0.2, 0.25) is 0 Å². The van der Waals surface area contributed by atoms with Crippen LogP contribution in [-0.2, 0) is 4.79 Å². The molecule has 1 aromatic heterocycles. The normalized spacial score (nSPS) is 10.6. The van der Waals surface area contributed by atoms with Crippen molar-refractivity contribution in [3.63, 3.8) is 0 Å². The summed E-state index contributed by atoms with van der Waals surface area (Å²) in [6, 6.07) is 7.47. The Balaban J connectivity index is 2.33. The predicted octanol–water partition coefficient (Wildman–Crippen LogP) is 2.10. The van der Waals surface area contributed by atoms with Gasteiger partial charge in [0.1, 0.15) is 6.54 Å². The summed E-state index contributed by atoms with van der Waals surface area (Å²) in [5.74, 6) is -1.25. The molecule has 0 aliphatic heterocycles. The van der Waals surface area contributed by atoms with Crippen molar-refractivity contribution in [2.75, 3.05) is 13.1 Å². The monoisotopic (exact) mass is 260 g/mol. The number of rotatable bonds is 5. The van der Waals surface area contributed by atoms with Crippen molar-refractivity contribution in [1.29, 1.82) is 0 Å². The third-order valence-corrected chi connectivity index (χ3v) is 2.93. The molecule has 0 saturated heterocycles. The molecule has 0 aliphatic carbocycles. The Bertz CT molecular complexity index is 604. The number of aromatic nitrogens is 1. The Kier molecular flexibility index (Phi) is 3.85. The van der Waals surface area contributed by atoms with Crippen LogP contribution in [0.1, 0.15) is 23.7 Å². The number of carboxylic acid groups (broad SMARTS) is 1. The zero-order chi connectivity index (χ0) is 13.8. The molecule has 0 spiro atoms. The number of H-pyrrole nitrogens is 1. The third-order valence-electron chi connectivity index (χ3n) is 2.93. The summed E-state index contributed by atoms with van der Waals surface area (Å²) in [4.78, 5) is 27.6. The van der Waals surface area contributed by atoms with Gasteiger partial charge in [0.05, 0.1) is 5.56 Å². The molecule has 19 heavy (non-hydrogen) atoms. The predicted molar refractivity (Wildman–Crippen MR) is 72.1 cm³/mol. The molecule has 0 atom stereocenters. The molecule has 0 bridgehead atoms. The summed E-state index contributed by atoms with van der Waals surface area (Å²) in [6.07, 6.45) is 2.36. The van der Waals surface area contributed by atoms with Crippen LogP contribution in [0.4, 0.5) is 0 Å². The topological polar surface area (TPSA) is 73.4 Å². The van der Waals surface area contributed by atoms with Gasteiger partial charge in [-0.05, 0) is 12.5 Å². The smallest absolute Gasteiger partial charge is 0.323 e. The highest BCUT2D eigenvalue weighted by atomic mass is 16.4. The number of carboxylic acids is 1. The fourth-order valence-corrected chi connectivity index (χ4v) is 2.10. The van der Waals surface area contributed by atoms with E-state index in [-0.39, 0.29) is 12.5 Å². The van der Waals surface area contributed by atoms with E-state index in [1.807, 2.05) is 31.2 Å². The minimum Gasteiger partial charge on any atom is -0.480 e. The van der Waals surface area contributed by atoms with Crippen LogP contribution >= 0.6 is 0 Å². The molecule has 5 nitrogen and oxygen atoms in total. The van der Waals surface area contributed by atoms with Gasteiger partial charge in [-0.15, -0.1) is 0 Å². The molecular formula is C14H16N2O3. The Morgan fingerprint density at radius 3 is 2.74 bits per heavy atom. The number of amides is 1. The fourth-order valence-electron chi connectivity index (χ4n) is 2.10. The number of carbonyl (C=O) groups excluding carboxylic acids is 1. The van der Waals surface area contributed by atoms with Crippen molar-refractivity contribution in [2.24, 2.45) is 0 Å². The number of aromatic amines is 1. The summed E-state index contributed by atoms with van der Waals surface area (Å²) in [6.45, 7) is 2.08. The van der Waals surface area contributed by atoms with Gasteiger partial charge >= 0.3 is 5.97 Å². The number of aliphatic carboxylic acids is 1. The molecule has 1 amide bonds. The maximum Gasteiger partial charge on any atom is 0.323 e. The van der Waals surface area contributed by atoms with Crippen LogP contribution in [-0.4, -0.2) is 40.0 Å². The highest BCUT2D eigenvalue weighted by Gasteiger charge is 2.20. The molecule has 1 heterocycles. The quantitative estimate of drug-likeness (QED) is 0.864. The Morgan fingerprint density at radius 2 is 2.05 bits per heavy atom. The van der Waals surface area contributed by atoms with Gasteiger partial charge in [0.25, 0.3) is 5.91 Å². The standard InChI is InChI=1S/C14H16N2O3/c1-2-7-16(9-13(17)18)14(19)11-8-15-12-6-4-3-5-10(11)12/h3-6,8,15H,2,7,9H2,1H3,(H,17,18). The molecule has 0 radical (unpaired) electrons. The lowest BCUT2D eigenvalue weighted by atomic mass is 10.1. The third kappa shape index (κ3) is 2.76. The van der Waals surface area contributed by atoms with Crippen LogP contribution in [0.5, 0.6) is 0 Å². The minimum atomic E-state index is -0.998. The zero-order valence-corrected chi connectivity index (χ0v) is 10.7. The zero-order valence-electron chi connectivity index (χ0n) is 10.7. The van der Waals surface area contributed by atoms with E-state index in [0.717, 1.165) is 17.3 Å². The van der Waals surface area contributed by atoms with Crippen LogP contribution in [0.15, 0.2) is 30.5 Å². The number of hydrogen-bond donors (Lipinski definition) is 2. The first-order valence-corrected chi connectivity index (χ1v) is 6.20. The van der Waals surface area contributed by atoms with Crippen LogP contribution in [0.3, 0.4) is 0 Å². The summed E-state index contributed by atoms with van der Waals surface area (Å²) in [7, 11) is 0. The lowest BCUT2D eigenvalue weighted by molar-refractivity contribution is -0.137. The van der Waals surface area contributed by atoms with E-state index >= 15 is 0 Å². The first kappa shape index (κ1) is 13.1. The maximum atomic E-state index is 12.4. The van der Waals surface area contributed by atoms with Gasteiger partial charge in [0.15, 0.2) is 0 Å². The van der Waals surface area contributed by atoms with Crippen molar-refractivity contribution in [3.8, 4) is 0 Å². The van der Waals surface area contributed by atoms with E-state index in [1.165, 1.54) is 4.90 Å². The summed E-state index contributed by atoms with van der Waals surface area (Å²) < 4.78 is 0. The first-order valence-electron chi connectivity index (χ1n) is 6.20. The van der Waals surface area contributed by atoms with Gasteiger partial charge in [0.2, 0.25) is 0 Å². The molecular weight excluding hydrogens is 244 g/mol. The molecule has 0 fully saturated rings. The molecule has 0 aliphatic rings. The van der Waals surface area contributed by atoms with Gasteiger partial charge in [-0.2, -0.15) is 0 Å². The van der Waals surface area contributed by atoms with E-state index in [4.69, 9.17) is 5.11 Å². The van der Waals surface area contributed by atoms with Gasteiger partial charge in [-0.1, -0.05) is 25.1 Å². The van der Waals surface area contributed by atoms with Crippen molar-refractivity contribution in [3.05, 3.63) is 36.0 Å². The van der Waals surface area contributed by atoms with Crippen molar-refractivity contribution in [2.45, 2.75) is 13.3 Å². The van der Waals surface area contributed by atoms with E-state index in [0.29, 0.717) is 12.1 Å². The summed E-state index contributed by atoms with van der Waals surface area (Å²) >= 11 is 0. The van der Waals surface area contributed by atoms with Crippen molar-refractivity contribution in [1.82, 2.24) is 9.88 Å². The van der Waals surface area contributed by atoms with E-state index in [1.54, 1.807) is 6.20 Å². The van der Waals surface area contributed by atoms with E-state index < -0.39 is 5.97 Å². The number of hydrogen-bond acceptors (Lipinski definition) is 2. The highest BCUT2D eigenvalue weighted by Crippen LogP contribution is 2.19. The lowest BCUT2D eigenvalue weighted by Gasteiger charge is -2.19. The van der Waals surface area contributed by atoms with E-state index in [9.17, 15) is 9.59 Å². The lowest BCUT2D eigenvalue weighted by Crippen LogP contribution is -2.36. The number of benzene rings is 1. The van der Waals surface area contributed by atoms with E-state index in [2.05, 4.69) is 4.98 Å². The minimum absolute atomic E-state index is 0.248. The second-order valence-electron chi connectivity index (χ2n) is 4.37. The average molecular weight is 260 g/mol. The molecule has 2 N–H and O–H groups in total. The molecule has 0 saturated carbocycles. The van der Waals surface area contributed by atoms with Crippen LogP contribution in [0.25, 0.3) is 10.9 Å². The summed E-state index contributed by atoms with van der Waals surface area (Å²) in [5, 5.41) is 9.69. The van der Waals surface area contributed by atoms with Crippen LogP contribution in [0, 0.1) is 0 Å². The first-order chi connectivity index (χ1) is 9.13. The SMILES string of the molecule is CCCN(CC(=O)O)C(=O)c1c[nH]c2ccccc12. The van der Waals surface area contributed by atoms with Gasteiger partial charge in [-0.3, -0.25) is 9.59 Å². The highest BCUT2D eigenvalue weighted by molar-refractivity contribution is 6.07. The van der Waals surface area contributed by atoms with Crippen molar-refractivity contribution >= 4 is 22.8 Å². The Hall–Kier alpha value is -2.30. The van der Waals surface area contributed by atoms with Gasteiger partial charge in [-0.25, -0.2) is 0 Å². The Morgan fingerprint density at radius 1 is 1.32 bits per heavy atom. The van der Waals surface area contributed by atoms with Crippen molar-refractivity contribution < 1.29 is 14.7 Å². The molecule has 2 aromatic rings. The van der Waals surface area contributed by atoms with Gasteiger partial charge in [0, 0.05) is 23.6 Å². The number of nitrogens with zero attached hydrogens (tertiary/aromatic N) is 1. The van der Waals surface area contributed by atoms with Crippen LogP contribution < -0.4 is 0 Å². The molecule has 0 unspecified atom stereocenters. The molecule has 1 aromatic carbocycles. The molecule has 2 rings (SSSR count). The second kappa shape index (κ2) is 5.56.